The molecule has 2 N–H and O–H groups in total. The van der Waals surface area contributed by atoms with E-state index in [1.165, 1.54) is 19.3 Å². The molecule has 4 unspecified atom stereocenters. The maximum atomic E-state index is 12.6. The van der Waals surface area contributed by atoms with E-state index in [0.29, 0.717) is 24.0 Å². The summed E-state index contributed by atoms with van der Waals surface area (Å²) in [5, 5.41) is 13.0. The highest BCUT2D eigenvalue weighted by Gasteiger charge is 2.42. The maximum absolute atomic E-state index is 12.6. The summed E-state index contributed by atoms with van der Waals surface area (Å²) in [7, 11) is 0. The third-order valence-electron chi connectivity index (χ3n) is 5.41. The number of carbonyl (C=O) groups is 1. The van der Waals surface area contributed by atoms with Crippen molar-refractivity contribution in [1.29, 1.82) is 0 Å². The highest BCUT2D eigenvalue weighted by Crippen LogP contribution is 2.37. The molecule has 1 heterocycles. The summed E-state index contributed by atoms with van der Waals surface area (Å²) < 4.78 is 5.62. The van der Waals surface area contributed by atoms with Crippen molar-refractivity contribution in [2.75, 3.05) is 13.2 Å². The molecular formula is C19H36N2O3. The second-order valence-corrected chi connectivity index (χ2v) is 8.37. The van der Waals surface area contributed by atoms with E-state index >= 15 is 0 Å². The molecule has 1 saturated carbocycles. The Morgan fingerprint density at radius 1 is 1.29 bits per heavy atom. The van der Waals surface area contributed by atoms with Gasteiger partial charge in [0.1, 0.15) is 5.60 Å². The van der Waals surface area contributed by atoms with Gasteiger partial charge in [0, 0.05) is 31.3 Å². The van der Waals surface area contributed by atoms with Gasteiger partial charge in [-0.3, -0.25) is 0 Å². The molecule has 0 bridgehead atoms. The van der Waals surface area contributed by atoms with E-state index in [0.717, 1.165) is 32.2 Å². The van der Waals surface area contributed by atoms with Crippen LogP contribution in [-0.2, 0) is 4.74 Å². The van der Waals surface area contributed by atoms with Gasteiger partial charge < -0.3 is 20.1 Å². The molecule has 2 rings (SSSR count). The van der Waals surface area contributed by atoms with Crippen LogP contribution in [0.3, 0.4) is 0 Å². The minimum Gasteiger partial charge on any atom is -0.444 e. The summed E-state index contributed by atoms with van der Waals surface area (Å²) in [6.45, 7) is 9.00. The van der Waals surface area contributed by atoms with Gasteiger partial charge in [-0.15, -0.1) is 0 Å². The SMILES string of the molecule is CCC(CCO)NC1CCCC1C1CCCN1C(=O)OC(C)(C)C. The van der Waals surface area contributed by atoms with Gasteiger partial charge in [-0.25, -0.2) is 4.79 Å². The van der Waals surface area contributed by atoms with Crippen molar-refractivity contribution in [3.8, 4) is 0 Å². The molecule has 2 fully saturated rings. The smallest absolute Gasteiger partial charge is 0.410 e. The molecule has 4 atom stereocenters. The lowest BCUT2D eigenvalue weighted by molar-refractivity contribution is 0.0164. The second-order valence-electron chi connectivity index (χ2n) is 8.37. The van der Waals surface area contributed by atoms with Crippen LogP contribution in [0.1, 0.15) is 72.6 Å². The molecule has 5 nitrogen and oxygen atoms in total. The van der Waals surface area contributed by atoms with E-state index in [2.05, 4.69) is 12.2 Å². The Labute approximate surface area is 147 Å². The Kier molecular flexibility index (Phi) is 6.93. The first-order valence-corrected chi connectivity index (χ1v) is 9.72. The van der Waals surface area contributed by atoms with Crippen molar-refractivity contribution >= 4 is 6.09 Å². The molecule has 0 aromatic heterocycles. The van der Waals surface area contributed by atoms with Crippen LogP contribution in [0.4, 0.5) is 4.79 Å². The molecular weight excluding hydrogens is 304 g/mol. The topological polar surface area (TPSA) is 61.8 Å². The van der Waals surface area contributed by atoms with Crippen LogP contribution in [0.2, 0.25) is 0 Å². The fourth-order valence-corrected chi connectivity index (χ4v) is 4.30. The minimum atomic E-state index is -0.439. The standard InChI is InChI=1S/C19H36N2O3/c1-5-14(11-13-22)20-16-9-6-8-15(16)17-10-7-12-21(17)18(23)24-19(2,3)4/h14-17,20,22H,5-13H2,1-4H3. The van der Waals surface area contributed by atoms with E-state index in [1.54, 1.807) is 0 Å². The van der Waals surface area contributed by atoms with Gasteiger partial charge >= 0.3 is 6.09 Å². The predicted octanol–water partition coefficient (Wildman–Crippen LogP) is 3.31. The summed E-state index contributed by atoms with van der Waals surface area (Å²) in [6, 6.07) is 1.12. The van der Waals surface area contributed by atoms with E-state index in [-0.39, 0.29) is 12.7 Å². The van der Waals surface area contributed by atoms with Gasteiger partial charge in [-0.2, -0.15) is 0 Å². The van der Waals surface area contributed by atoms with E-state index in [9.17, 15) is 9.90 Å². The van der Waals surface area contributed by atoms with Gasteiger partial charge in [-0.05, 0) is 65.2 Å². The van der Waals surface area contributed by atoms with Crippen LogP contribution in [-0.4, -0.2) is 53.0 Å². The van der Waals surface area contributed by atoms with Crippen LogP contribution < -0.4 is 5.32 Å². The van der Waals surface area contributed by atoms with E-state index in [1.807, 2.05) is 25.7 Å². The molecule has 24 heavy (non-hydrogen) atoms. The lowest BCUT2D eigenvalue weighted by atomic mass is 9.91. The first-order valence-electron chi connectivity index (χ1n) is 9.72. The van der Waals surface area contributed by atoms with Gasteiger partial charge in [-0.1, -0.05) is 13.3 Å². The Hall–Kier alpha value is -0.810. The number of ether oxygens (including phenoxy) is 1. The number of hydrogen-bond donors (Lipinski definition) is 2. The number of hydrogen-bond acceptors (Lipinski definition) is 4. The third-order valence-corrected chi connectivity index (χ3v) is 5.41. The largest absolute Gasteiger partial charge is 0.444 e. The van der Waals surface area contributed by atoms with E-state index < -0.39 is 5.60 Å². The second kappa shape index (κ2) is 8.52. The van der Waals surface area contributed by atoms with Crippen molar-refractivity contribution < 1.29 is 14.6 Å². The zero-order valence-corrected chi connectivity index (χ0v) is 15.9. The normalized spacial score (nSPS) is 29.0. The summed E-state index contributed by atoms with van der Waals surface area (Å²) >= 11 is 0. The first-order chi connectivity index (χ1) is 11.4. The first kappa shape index (κ1) is 19.5. The van der Waals surface area contributed by atoms with Gasteiger partial charge in [0.05, 0.1) is 0 Å². The molecule has 0 spiro atoms. The number of nitrogens with one attached hydrogen (secondary N) is 1. The summed E-state index contributed by atoms with van der Waals surface area (Å²) in [5.74, 6) is 0.507. The van der Waals surface area contributed by atoms with Crippen LogP contribution in [0, 0.1) is 5.92 Å². The van der Waals surface area contributed by atoms with Crippen molar-refractivity contribution in [2.24, 2.45) is 5.92 Å². The number of amides is 1. The van der Waals surface area contributed by atoms with Crippen LogP contribution in [0.5, 0.6) is 0 Å². The van der Waals surface area contributed by atoms with Gasteiger partial charge in [0.2, 0.25) is 0 Å². The third kappa shape index (κ3) is 5.09. The molecule has 1 aliphatic heterocycles. The minimum absolute atomic E-state index is 0.155. The summed E-state index contributed by atoms with van der Waals surface area (Å²) in [5.41, 5.74) is -0.439. The molecule has 2 aliphatic rings. The van der Waals surface area contributed by atoms with Gasteiger partial charge in [0.15, 0.2) is 0 Å². The molecule has 0 aromatic carbocycles. The maximum Gasteiger partial charge on any atom is 0.410 e. The molecule has 0 aromatic rings. The number of carbonyl (C=O) groups excluding carboxylic acids is 1. The lowest BCUT2D eigenvalue weighted by Crippen LogP contribution is -2.49. The Morgan fingerprint density at radius 2 is 2.04 bits per heavy atom. The zero-order chi connectivity index (χ0) is 17.7. The average molecular weight is 341 g/mol. The average Bonchev–Trinajstić information content (AvgIpc) is 3.12. The fraction of sp³-hybridized carbons (Fsp3) is 0.947. The van der Waals surface area contributed by atoms with Crippen LogP contribution in [0.15, 0.2) is 0 Å². The summed E-state index contributed by atoms with van der Waals surface area (Å²) in [6.07, 6.45) is 7.40. The number of likely N-dealkylation sites (tertiary alicyclic amines) is 1. The molecule has 1 amide bonds. The summed E-state index contributed by atoms with van der Waals surface area (Å²) in [4.78, 5) is 14.5. The lowest BCUT2D eigenvalue weighted by Gasteiger charge is -2.35. The van der Waals surface area contributed by atoms with Crippen molar-refractivity contribution in [1.82, 2.24) is 10.2 Å². The number of aliphatic hydroxyl groups excluding tert-OH is 1. The van der Waals surface area contributed by atoms with Crippen molar-refractivity contribution in [2.45, 2.75) is 96.4 Å². The highest BCUT2D eigenvalue weighted by atomic mass is 16.6. The quantitative estimate of drug-likeness (QED) is 0.779. The zero-order valence-electron chi connectivity index (χ0n) is 15.9. The Balaban J connectivity index is 2.00. The molecule has 0 radical (unpaired) electrons. The number of rotatable bonds is 6. The monoisotopic (exact) mass is 340 g/mol. The molecule has 5 heteroatoms. The van der Waals surface area contributed by atoms with Crippen LogP contribution >= 0.6 is 0 Å². The highest BCUT2D eigenvalue weighted by molar-refractivity contribution is 5.69. The molecule has 140 valence electrons. The molecule has 1 saturated heterocycles. The van der Waals surface area contributed by atoms with Crippen LogP contribution in [0.25, 0.3) is 0 Å². The predicted molar refractivity (Wildman–Crippen MR) is 96.0 cm³/mol. The Bertz CT molecular complexity index is 408. The number of aliphatic hydroxyl groups is 1. The van der Waals surface area contributed by atoms with Crippen molar-refractivity contribution in [3.05, 3.63) is 0 Å². The van der Waals surface area contributed by atoms with E-state index in [4.69, 9.17) is 4.74 Å². The van der Waals surface area contributed by atoms with Gasteiger partial charge in [0.25, 0.3) is 0 Å². The number of nitrogens with zero attached hydrogens (tertiary/aromatic N) is 1. The van der Waals surface area contributed by atoms with Crippen molar-refractivity contribution in [3.63, 3.8) is 0 Å². The Morgan fingerprint density at radius 3 is 2.67 bits per heavy atom. The molecule has 1 aliphatic carbocycles. The fourth-order valence-electron chi connectivity index (χ4n) is 4.30.